The summed E-state index contributed by atoms with van der Waals surface area (Å²) >= 11 is 1.56. The summed E-state index contributed by atoms with van der Waals surface area (Å²) in [6.45, 7) is 1.53. The first-order valence-corrected chi connectivity index (χ1v) is 11.3. The molecule has 1 aliphatic heterocycles. The lowest BCUT2D eigenvalue weighted by Crippen LogP contribution is -2.50. The molecule has 1 fully saturated rings. The number of benzene rings is 1. The Hall–Kier alpha value is -2.88. The van der Waals surface area contributed by atoms with E-state index in [0.29, 0.717) is 37.3 Å². The highest BCUT2D eigenvalue weighted by atomic mass is 32.1. The van der Waals surface area contributed by atoms with Crippen LogP contribution in [-0.4, -0.2) is 46.5 Å². The van der Waals surface area contributed by atoms with E-state index >= 15 is 0 Å². The molecule has 0 unspecified atom stereocenters. The van der Waals surface area contributed by atoms with Crippen molar-refractivity contribution in [3.8, 4) is 0 Å². The summed E-state index contributed by atoms with van der Waals surface area (Å²) in [4.78, 5) is 35.6. The number of carbonyl (C=O) groups is 1. The Bertz CT molecular complexity index is 1240. The number of carbonyl (C=O) groups excluding carboxylic acids is 1. The molecular weight excluding hydrogens is 441 g/mol. The molecule has 1 aromatic carbocycles. The van der Waals surface area contributed by atoms with E-state index in [0.717, 1.165) is 41.8 Å². The molecule has 3 heterocycles. The van der Waals surface area contributed by atoms with Crippen molar-refractivity contribution < 1.29 is 18.0 Å². The van der Waals surface area contributed by atoms with Gasteiger partial charge in [-0.05, 0) is 43.0 Å². The van der Waals surface area contributed by atoms with Gasteiger partial charge in [-0.15, -0.1) is 11.3 Å². The van der Waals surface area contributed by atoms with Crippen molar-refractivity contribution in [3.63, 3.8) is 0 Å². The van der Waals surface area contributed by atoms with Crippen molar-refractivity contribution in [3.05, 3.63) is 57.0 Å². The number of rotatable bonds is 3. The molecule has 168 valence electrons. The van der Waals surface area contributed by atoms with Crippen molar-refractivity contribution in [1.82, 2.24) is 14.5 Å². The Labute approximate surface area is 185 Å². The van der Waals surface area contributed by atoms with Gasteiger partial charge in [-0.25, -0.2) is 4.98 Å². The predicted octanol–water partition coefficient (Wildman–Crippen LogP) is 3.31. The van der Waals surface area contributed by atoms with Gasteiger partial charge in [-0.2, -0.15) is 13.2 Å². The van der Waals surface area contributed by atoms with E-state index in [1.165, 1.54) is 21.8 Å². The fourth-order valence-electron chi connectivity index (χ4n) is 4.47. The average Bonchev–Trinajstić information content (AvgIpc) is 3.36. The Balaban J connectivity index is 1.27. The van der Waals surface area contributed by atoms with Crippen LogP contribution in [0.5, 0.6) is 0 Å². The van der Waals surface area contributed by atoms with Crippen LogP contribution in [-0.2, 0) is 30.4 Å². The van der Waals surface area contributed by atoms with Gasteiger partial charge in [0.05, 0.1) is 17.3 Å². The van der Waals surface area contributed by atoms with E-state index in [-0.39, 0.29) is 18.0 Å². The Morgan fingerprint density at radius 2 is 1.91 bits per heavy atom. The summed E-state index contributed by atoms with van der Waals surface area (Å²) in [6.07, 6.45) is -0.0565. The number of aryl methyl sites for hydroxylation is 2. The lowest BCUT2D eigenvalue weighted by atomic mass is 10.1. The molecule has 1 saturated heterocycles. The molecule has 10 heteroatoms. The maximum absolute atomic E-state index is 13.0. The predicted molar refractivity (Wildman–Crippen MR) is 116 cm³/mol. The molecule has 0 bridgehead atoms. The number of alkyl halides is 3. The van der Waals surface area contributed by atoms with Gasteiger partial charge in [-0.3, -0.25) is 14.2 Å². The van der Waals surface area contributed by atoms with Gasteiger partial charge in [0, 0.05) is 36.7 Å². The van der Waals surface area contributed by atoms with E-state index in [4.69, 9.17) is 0 Å². The monoisotopic (exact) mass is 462 g/mol. The fourth-order valence-corrected chi connectivity index (χ4v) is 5.69. The fraction of sp³-hybridized carbons (Fsp3) is 0.409. The van der Waals surface area contributed by atoms with Gasteiger partial charge in [0.1, 0.15) is 11.4 Å². The minimum atomic E-state index is -4.39. The number of anilines is 1. The maximum Gasteiger partial charge on any atom is 0.416 e. The molecule has 32 heavy (non-hydrogen) atoms. The molecule has 0 N–H and O–H groups in total. The third-order valence-corrected chi connectivity index (χ3v) is 7.37. The minimum Gasteiger partial charge on any atom is -0.368 e. The largest absolute Gasteiger partial charge is 0.416 e. The van der Waals surface area contributed by atoms with Crippen molar-refractivity contribution >= 4 is 33.1 Å². The smallest absolute Gasteiger partial charge is 0.368 e. The molecule has 0 radical (unpaired) electrons. The summed E-state index contributed by atoms with van der Waals surface area (Å²) in [5, 5.41) is 0.646. The molecule has 0 spiro atoms. The summed E-state index contributed by atoms with van der Waals surface area (Å²) in [6, 6.07) is 5.23. The molecule has 5 rings (SSSR count). The van der Waals surface area contributed by atoms with Gasteiger partial charge in [0.2, 0.25) is 5.91 Å². The van der Waals surface area contributed by atoms with Crippen LogP contribution in [0.1, 0.15) is 22.4 Å². The van der Waals surface area contributed by atoms with Crippen LogP contribution in [0, 0.1) is 0 Å². The van der Waals surface area contributed by atoms with Crippen molar-refractivity contribution in [2.45, 2.75) is 32.0 Å². The first kappa shape index (κ1) is 21.0. The molecule has 0 atom stereocenters. The zero-order valence-corrected chi connectivity index (χ0v) is 18.0. The van der Waals surface area contributed by atoms with Crippen molar-refractivity contribution in [1.29, 1.82) is 0 Å². The number of piperazine rings is 1. The molecule has 0 saturated carbocycles. The molecule has 3 aromatic rings. The number of hydrogen-bond acceptors (Lipinski definition) is 5. The second-order valence-electron chi connectivity index (χ2n) is 8.13. The highest BCUT2D eigenvalue weighted by molar-refractivity contribution is 7.18. The first-order chi connectivity index (χ1) is 15.3. The number of thiophene rings is 1. The highest BCUT2D eigenvalue weighted by Crippen LogP contribution is 2.34. The Morgan fingerprint density at radius 1 is 1.12 bits per heavy atom. The molecular formula is C22H21F3N4O2S. The van der Waals surface area contributed by atoms with E-state index in [9.17, 15) is 22.8 Å². The molecule has 2 aliphatic rings. The lowest BCUT2D eigenvalue weighted by molar-refractivity contribution is -0.137. The quantitative estimate of drug-likeness (QED) is 0.599. The topological polar surface area (TPSA) is 58.4 Å². The maximum atomic E-state index is 13.0. The van der Waals surface area contributed by atoms with Gasteiger partial charge in [-0.1, -0.05) is 6.07 Å². The number of nitrogens with zero attached hydrogens (tertiary/aromatic N) is 4. The standard InChI is InChI=1S/C22H21F3N4O2S/c23-22(24,25)14-3-1-4-15(11-14)27-7-9-28(10-8-27)18(30)12-29-13-26-20-19(21(29)31)16-5-2-6-17(16)32-20/h1,3-4,11,13H,2,5-10,12H2. The van der Waals surface area contributed by atoms with Crippen LogP contribution in [0.15, 0.2) is 35.4 Å². The van der Waals surface area contributed by atoms with Crippen LogP contribution in [0.25, 0.3) is 10.2 Å². The number of amides is 1. The molecule has 6 nitrogen and oxygen atoms in total. The summed E-state index contributed by atoms with van der Waals surface area (Å²) in [7, 11) is 0. The minimum absolute atomic E-state index is 0.0873. The number of halogens is 3. The number of hydrogen-bond donors (Lipinski definition) is 0. The molecule has 2 aromatic heterocycles. The second kappa shape index (κ2) is 7.91. The van der Waals surface area contributed by atoms with Crippen molar-refractivity contribution in [2.75, 3.05) is 31.1 Å². The van der Waals surface area contributed by atoms with Crippen LogP contribution in [0.3, 0.4) is 0 Å². The van der Waals surface area contributed by atoms with E-state index < -0.39 is 11.7 Å². The summed E-state index contributed by atoms with van der Waals surface area (Å²) in [5.41, 5.74) is 0.712. The van der Waals surface area contributed by atoms with E-state index in [1.54, 1.807) is 22.3 Å². The number of fused-ring (bicyclic) bond motifs is 3. The second-order valence-corrected chi connectivity index (χ2v) is 9.21. The zero-order chi connectivity index (χ0) is 22.5. The Morgan fingerprint density at radius 3 is 2.66 bits per heavy atom. The number of aromatic nitrogens is 2. The van der Waals surface area contributed by atoms with Gasteiger partial charge < -0.3 is 9.80 Å². The van der Waals surface area contributed by atoms with Crippen LogP contribution < -0.4 is 10.5 Å². The SMILES string of the molecule is O=C(Cn1cnc2sc3c(c2c1=O)CCC3)N1CCN(c2cccc(C(F)(F)F)c2)CC1. The zero-order valence-electron chi connectivity index (χ0n) is 17.2. The van der Waals surface area contributed by atoms with Gasteiger partial charge in [0.15, 0.2) is 0 Å². The first-order valence-electron chi connectivity index (χ1n) is 10.5. The van der Waals surface area contributed by atoms with Crippen molar-refractivity contribution in [2.24, 2.45) is 0 Å². The van der Waals surface area contributed by atoms with Gasteiger partial charge in [0.25, 0.3) is 5.56 Å². The summed E-state index contributed by atoms with van der Waals surface area (Å²) in [5.74, 6) is -0.191. The molecule has 1 amide bonds. The van der Waals surface area contributed by atoms with Crippen LogP contribution in [0.2, 0.25) is 0 Å². The highest BCUT2D eigenvalue weighted by Gasteiger charge is 2.31. The Kier molecular flexibility index (Phi) is 5.19. The third-order valence-electron chi connectivity index (χ3n) is 6.17. The lowest BCUT2D eigenvalue weighted by Gasteiger charge is -2.36. The molecule has 1 aliphatic carbocycles. The van der Waals surface area contributed by atoms with E-state index in [2.05, 4.69) is 4.98 Å². The van der Waals surface area contributed by atoms with Crippen LogP contribution in [0.4, 0.5) is 18.9 Å². The van der Waals surface area contributed by atoms with Crippen LogP contribution >= 0.6 is 11.3 Å². The third kappa shape index (κ3) is 3.76. The summed E-state index contributed by atoms with van der Waals surface area (Å²) < 4.78 is 40.3. The average molecular weight is 462 g/mol. The normalized spacial score (nSPS) is 16.6. The van der Waals surface area contributed by atoms with E-state index in [1.807, 2.05) is 4.90 Å². The van der Waals surface area contributed by atoms with Gasteiger partial charge >= 0.3 is 6.18 Å².